The number of amides is 2. The zero-order valence-corrected chi connectivity index (χ0v) is 21.9. The van der Waals surface area contributed by atoms with E-state index in [4.69, 9.17) is 0 Å². The number of carbonyl (C=O) groups is 3. The molecule has 2 N–H and O–H groups in total. The second-order valence-electron chi connectivity index (χ2n) is 9.85. The van der Waals surface area contributed by atoms with E-state index in [9.17, 15) is 18.8 Å². The summed E-state index contributed by atoms with van der Waals surface area (Å²) < 4.78 is 15.4. The maximum Gasteiger partial charge on any atom is 0.294 e. The molecule has 0 spiro atoms. The molecule has 0 radical (unpaired) electrons. The Bertz CT molecular complexity index is 1260. The van der Waals surface area contributed by atoms with Crippen molar-refractivity contribution in [1.82, 2.24) is 9.88 Å². The first kappa shape index (κ1) is 25.9. The van der Waals surface area contributed by atoms with E-state index in [0.717, 1.165) is 29.9 Å². The van der Waals surface area contributed by atoms with E-state index < -0.39 is 23.1 Å². The number of ketones is 1. The molecule has 0 bridgehead atoms. The topological polar surface area (TPSA) is 80.2 Å². The Morgan fingerprint density at radius 2 is 1.86 bits per heavy atom. The van der Waals surface area contributed by atoms with E-state index in [1.54, 1.807) is 23.8 Å². The SMILES string of the molecule is CC1=CC(C)C(C)(n2cc(C(=O)Nc3ccc(F)c(C)c3)cc2C(=O)C(=O)NC2CCSCC2)C=C1. The zero-order valence-electron chi connectivity index (χ0n) is 21.1. The van der Waals surface area contributed by atoms with E-state index in [-0.39, 0.29) is 29.0 Å². The summed E-state index contributed by atoms with van der Waals surface area (Å²) in [4.78, 5) is 39.5. The summed E-state index contributed by atoms with van der Waals surface area (Å²) in [5.41, 5.74) is 1.72. The first-order valence-corrected chi connectivity index (χ1v) is 13.3. The Hall–Kier alpha value is -3.13. The highest BCUT2D eigenvalue weighted by Gasteiger charge is 2.36. The fraction of sp³-hybridized carbons (Fsp3) is 0.393. The number of rotatable bonds is 6. The Labute approximate surface area is 215 Å². The van der Waals surface area contributed by atoms with Crippen molar-refractivity contribution in [3.8, 4) is 0 Å². The Balaban J connectivity index is 1.67. The lowest BCUT2D eigenvalue weighted by Gasteiger charge is -2.37. The first-order valence-electron chi connectivity index (χ1n) is 12.2. The van der Waals surface area contributed by atoms with Gasteiger partial charge in [0.1, 0.15) is 5.82 Å². The molecule has 2 amide bonds. The summed E-state index contributed by atoms with van der Waals surface area (Å²) in [6.45, 7) is 7.65. The quantitative estimate of drug-likeness (QED) is 0.412. The van der Waals surface area contributed by atoms with Gasteiger partial charge in [-0.15, -0.1) is 0 Å². The maximum absolute atomic E-state index is 13.7. The Morgan fingerprint density at radius 3 is 2.53 bits per heavy atom. The second kappa shape index (κ2) is 10.5. The van der Waals surface area contributed by atoms with E-state index >= 15 is 0 Å². The summed E-state index contributed by atoms with van der Waals surface area (Å²) >= 11 is 1.84. The number of carbonyl (C=O) groups excluding carboxylic acids is 3. The Kier molecular flexibility index (Phi) is 7.54. The lowest BCUT2D eigenvalue weighted by molar-refractivity contribution is -0.117. The van der Waals surface area contributed by atoms with Gasteiger partial charge in [-0.1, -0.05) is 30.7 Å². The third-order valence-corrected chi connectivity index (χ3v) is 8.18. The smallest absolute Gasteiger partial charge is 0.294 e. The molecule has 36 heavy (non-hydrogen) atoms. The zero-order chi connectivity index (χ0) is 26.0. The van der Waals surface area contributed by atoms with Crippen LogP contribution in [0, 0.1) is 18.7 Å². The lowest BCUT2D eigenvalue weighted by Crippen LogP contribution is -2.43. The number of thioether (sulfide) groups is 1. The highest BCUT2D eigenvalue weighted by atomic mass is 32.2. The van der Waals surface area contributed by atoms with Crippen LogP contribution in [0.15, 0.2) is 54.3 Å². The monoisotopic (exact) mass is 509 g/mol. The summed E-state index contributed by atoms with van der Waals surface area (Å²) in [6, 6.07) is 5.78. The number of allylic oxidation sites excluding steroid dienone is 4. The van der Waals surface area contributed by atoms with Crippen molar-refractivity contribution >= 4 is 35.0 Å². The molecule has 1 aromatic heterocycles. The molecule has 4 rings (SSSR count). The van der Waals surface area contributed by atoms with Crippen molar-refractivity contribution in [1.29, 1.82) is 0 Å². The first-order chi connectivity index (χ1) is 17.1. The molecule has 2 aliphatic rings. The van der Waals surface area contributed by atoms with Gasteiger partial charge in [0.2, 0.25) is 0 Å². The number of hydrogen-bond acceptors (Lipinski definition) is 4. The average Bonchev–Trinajstić information content (AvgIpc) is 3.30. The molecule has 8 heteroatoms. The van der Waals surface area contributed by atoms with Gasteiger partial charge in [0.05, 0.1) is 16.8 Å². The fourth-order valence-corrected chi connectivity index (χ4v) is 5.77. The standard InChI is InChI=1S/C28H32FN3O3S/c1-17-7-10-28(4,19(3)13-17)32-16-20(26(34)31-22-5-6-23(29)18(2)14-22)15-24(32)25(33)27(35)30-21-8-11-36-12-9-21/h5-7,10,13-16,19,21H,8-9,11-12H2,1-4H3,(H,30,35)(H,31,34). The van der Waals surface area contributed by atoms with Crippen LogP contribution >= 0.6 is 11.8 Å². The predicted octanol–water partition coefficient (Wildman–Crippen LogP) is 5.25. The van der Waals surface area contributed by atoms with Crippen molar-refractivity contribution in [2.45, 2.75) is 52.1 Å². The highest BCUT2D eigenvalue weighted by Crippen LogP contribution is 2.36. The molecular formula is C28H32FN3O3S. The minimum atomic E-state index is -0.669. The van der Waals surface area contributed by atoms with Crippen molar-refractivity contribution < 1.29 is 18.8 Å². The number of nitrogens with one attached hydrogen (secondary N) is 2. The average molecular weight is 510 g/mol. The van der Waals surface area contributed by atoms with Gasteiger partial charge in [-0.2, -0.15) is 11.8 Å². The van der Waals surface area contributed by atoms with Gasteiger partial charge in [0.15, 0.2) is 0 Å². The number of aryl methyl sites for hydroxylation is 1. The number of nitrogens with zero attached hydrogens (tertiary/aromatic N) is 1. The van der Waals surface area contributed by atoms with Gasteiger partial charge in [-0.3, -0.25) is 14.4 Å². The molecular weight excluding hydrogens is 477 g/mol. The van der Waals surface area contributed by atoms with Crippen molar-refractivity contribution in [2.75, 3.05) is 16.8 Å². The lowest BCUT2D eigenvalue weighted by atomic mass is 9.81. The van der Waals surface area contributed by atoms with Crippen molar-refractivity contribution in [3.05, 3.63) is 76.9 Å². The summed E-state index contributed by atoms with van der Waals surface area (Å²) in [5.74, 6) is -0.210. The van der Waals surface area contributed by atoms with Gasteiger partial charge in [0.25, 0.3) is 17.6 Å². The van der Waals surface area contributed by atoms with Crippen LogP contribution in [0.25, 0.3) is 0 Å². The number of hydrogen-bond donors (Lipinski definition) is 2. The minimum absolute atomic E-state index is 0.00976. The molecule has 2 atom stereocenters. The van der Waals surface area contributed by atoms with Gasteiger partial charge < -0.3 is 15.2 Å². The van der Waals surface area contributed by atoms with Crippen LogP contribution in [-0.2, 0) is 10.3 Å². The minimum Gasteiger partial charge on any atom is -0.346 e. The summed E-state index contributed by atoms with van der Waals surface area (Å²) in [7, 11) is 0. The van der Waals surface area contributed by atoms with E-state index in [0.29, 0.717) is 11.3 Å². The molecule has 2 unspecified atom stereocenters. The van der Waals surface area contributed by atoms with E-state index in [1.165, 1.54) is 18.2 Å². The number of benzene rings is 1. The van der Waals surface area contributed by atoms with Crippen LogP contribution in [0.2, 0.25) is 0 Å². The molecule has 2 aromatic rings. The van der Waals surface area contributed by atoms with Gasteiger partial charge in [-0.05, 0) is 74.9 Å². The molecule has 6 nitrogen and oxygen atoms in total. The predicted molar refractivity (Wildman–Crippen MR) is 142 cm³/mol. The molecule has 1 aliphatic carbocycles. The van der Waals surface area contributed by atoms with Crippen LogP contribution < -0.4 is 10.6 Å². The highest BCUT2D eigenvalue weighted by molar-refractivity contribution is 7.99. The van der Waals surface area contributed by atoms with Crippen LogP contribution in [0.5, 0.6) is 0 Å². The van der Waals surface area contributed by atoms with Crippen LogP contribution in [0.3, 0.4) is 0 Å². The number of aromatic nitrogens is 1. The Morgan fingerprint density at radius 1 is 1.14 bits per heavy atom. The molecule has 2 heterocycles. The summed E-state index contributed by atoms with van der Waals surface area (Å²) in [6.07, 6.45) is 9.38. The maximum atomic E-state index is 13.7. The molecule has 1 fully saturated rings. The number of anilines is 1. The molecule has 1 saturated heterocycles. The number of halogens is 1. The van der Waals surface area contributed by atoms with E-state index in [2.05, 4.69) is 16.7 Å². The van der Waals surface area contributed by atoms with Gasteiger partial charge in [0, 0.05) is 23.8 Å². The molecule has 0 saturated carbocycles. The molecule has 1 aromatic carbocycles. The third-order valence-electron chi connectivity index (χ3n) is 7.13. The second-order valence-corrected chi connectivity index (χ2v) is 11.1. The largest absolute Gasteiger partial charge is 0.346 e. The number of Topliss-reactive ketones (excluding diaryl/α,β-unsaturated/α-hetero) is 1. The molecule has 1 aliphatic heterocycles. The van der Waals surface area contributed by atoms with E-state index in [1.807, 2.05) is 44.7 Å². The molecule has 190 valence electrons. The summed E-state index contributed by atoms with van der Waals surface area (Å²) in [5, 5.41) is 5.66. The van der Waals surface area contributed by atoms with Crippen LogP contribution in [-0.4, -0.2) is 39.7 Å². The van der Waals surface area contributed by atoms with Crippen LogP contribution in [0.4, 0.5) is 10.1 Å². The van der Waals surface area contributed by atoms with Crippen molar-refractivity contribution in [2.24, 2.45) is 5.92 Å². The van der Waals surface area contributed by atoms with Gasteiger partial charge >= 0.3 is 0 Å². The van der Waals surface area contributed by atoms with Gasteiger partial charge in [-0.25, -0.2) is 4.39 Å². The van der Waals surface area contributed by atoms with Crippen LogP contribution in [0.1, 0.15) is 60.0 Å². The normalized spacial score (nSPS) is 22.1. The fourth-order valence-electron chi connectivity index (χ4n) is 4.67. The third kappa shape index (κ3) is 5.33. The van der Waals surface area contributed by atoms with Crippen molar-refractivity contribution in [3.63, 3.8) is 0 Å².